The van der Waals surface area contributed by atoms with Gasteiger partial charge in [-0.15, -0.1) is 16.9 Å². The van der Waals surface area contributed by atoms with Crippen molar-refractivity contribution in [3.8, 4) is 6.07 Å². The standard InChI is InChI=1S/C14H12N6S2/c1-21-13-10(7-15)12(16)20(19-13)14-18-17-11(8-22-14)9-5-3-2-4-6-9/h2-6,8,17H,16H2,1H3. The largest absolute Gasteiger partial charge is 0.382 e. The first kappa shape index (κ1) is 14.6. The summed E-state index contributed by atoms with van der Waals surface area (Å²) in [5, 5.41) is 20.9. The van der Waals surface area contributed by atoms with Crippen LogP contribution < -0.4 is 11.2 Å². The third-order valence-corrected chi connectivity index (χ3v) is 4.52. The second-order valence-corrected chi connectivity index (χ2v) is 5.95. The molecule has 0 saturated carbocycles. The van der Waals surface area contributed by atoms with Crippen LogP contribution in [0.4, 0.5) is 5.82 Å². The summed E-state index contributed by atoms with van der Waals surface area (Å²) in [6.45, 7) is 0. The van der Waals surface area contributed by atoms with Gasteiger partial charge in [0.25, 0.3) is 0 Å². The average Bonchev–Trinajstić information content (AvgIpc) is 2.91. The number of nitrogens with zero attached hydrogens (tertiary/aromatic N) is 4. The van der Waals surface area contributed by atoms with E-state index in [-0.39, 0.29) is 0 Å². The lowest BCUT2D eigenvalue weighted by Crippen LogP contribution is -2.19. The number of nitrogen functional groups attached to an aromatic ring is 1. The number of rotatable bonds is 2. The second-order valence-electron chi connectivity index (χ2n) is 4.31. The van der Waals surface area contributed by atoms with Gasteiger partial charge >= 0.3 is 0 Å². The molecule has 1 aromatic heterocycles. The number of benzene rings is 1. The highest BCUT2D eigenvalue weighted by Gasteiger charge is 2.20. The third-order valence-electron chi connectivity index (χ3n) is 3.01. The smallest absolute Gasteiger partial charge is 0.214 e. The van der Waals surface area contributed by atoms with E-state index < -0.39 is 0 Å². The molecule has 0 bridgehead atoms. The van der Waals surface area contributed by atoms with Crippen LogP contribution in [-0.2, 0) is 0 Å². The van der Waals surface area contributed by atoms with Gasteiger partial charge in [0.15, 0.2) is 0 Å². The Morgan fingerprint density at radius 2 is 2.14 bits per heavy atom. The molecule has 1 aromatic carbocycles. The first-order chi connectivity index (χ1) is 10.7. The average molecular weight is 328 g/mol. The molecule has 0 aliphatic carbocycles. The molecule has 0 saturated heterocycles. The predicted molar refractivity (Wildman–Crippen MR) is 91.1 cm³/mol. The summed E-state index contributed by atoms with van der Waals surface area (Å²) in [6.07, 6.45) is 1.86. The number of aromatic nitrogens is 2. The molecule has 0 fully saturated rings. The molecule has 8 heteroatoms. The molecule has 0 spiro atoms. The highest BCUT2D eigenvalue weighted by molar-refractivity contribution is 8.16. The van der Waals surface area contributed by atoms with Gasteiger partial charge in [-0.2, -0.15) is 15.0 Å². The van der Waals surface area contributed by atoms with Crippen molar-refractivity contribution in [1.29, 1.82) is 5.26 Å². The van der Waals surface area contributed by atoms with Crippen LogP contribution in [0.3, 0.4) is 0 Å². The normalized spacial score (nSPS) is 13.8. The van der Waals surface area contributed by atoms with E-state index in [0.29, 0.717) is 21.6 Å². The van der Waals surface area contributed by atoms with Crippen molar-refractivity contribution in [3.63, 3.8) is 0 Å². The van der Waals surface area contributed by atoms with Gasteiger partial charge in [0.05, 0.1) is 5.70 Å². The van der Waals surface area contributed by atoms with Crippen LogP contribution >= 0.6 is 23.5 Å². The maximum atomic E-state index is 9.16. The first-order valence-electron chi connectivity index (χ1n) is 6.33. The number of hydrogen-bond donors (Lipinski definition) is 2. The van der Waals surface area contributed by atoms with Gasteiger partial charge in [0.2, 0.25) is 5.17 Å². The number of anilines is 1. The van der Waals surface area contributed by atoms with Crippen molar-refractivity contribution < 1.29 is 0 Å². The van der Waals surface area contributed by atoms with Crippen LogP contribution in [0.15, 0.2) is 45.9 Å². The summed E-state index contributed by atoms with van der Waals surface area (Å²) >= 11 is 2.79. The minimum atomic E-state index is 0.302. The molecular weight excluding hydrogens is 316 g/mol. The molecule has 110 valence electrons. The molecule has 3 N–H and O–H groups in total. The molecule has 22 heavy (non-hydrogen) atoms. The minimum absolute atomic E-state index is 0.302. The fourth-order valence-electron chi connectivity index (χ4n) is 1.92. The van der Waals surface area contributed by atoms with E-state index in [1.165, 1.54) is 28.2 Å². The number of nitrogens with one attached hydrogen (secondary N) is 1. The zero-order chi connectivity index (χ0) is 15.5. The molecule has 2 heterocycles. The Morgan fingerprint density at radius 1 is 1.36 bits per heavy atom. The van der Waals surface area contributed by atoms with E-state index in [2.05, 4.69) is 21.7 Å². The topological polar surface area (TPSA) is 92.0 Å². The van der Waals surface area contributed by atoms with Crippen molar-refractivity contribution in [2.75, 3.05) is 12.0 Å². The monoisotopic (exact) mass is 328 g/mol. The minimum Gasteiger partial charge on any atom is -0.382 e. The highest BCUT2D eigenvalue weighted by atomic mass is 32.2. The van der Waals surface area contributed by atoms with E-state index in [1.54, 1.807) is 0 Å². The SMILES string of the molecule is CSc1nn(C2=NNC(c3ccccc3)=CS2)c(N)c1C#N. The maximum Gasteiger partial charge on any atom is 0.214 e. The Morgan fingerprint density at radius 3 is 2.68 bits per heavy atom. The Kier molecular flexibility index (Phi) is 4.09. The van der Waals surface area contributed by atoms with E-state index in [9.17, 15) is 0 Å². The van der Waals surface area contributed by atoms with Crippen LogP contribution in [0, 0.1) is 11.3 Å². The third kappa shape index (κ3) is 2.56. The summed E-state index contributed by atoms with van der Waals surface area (Å²) in [5.41, 5.74) is 11.3. The Hall–Kier alpha value is -2.37. The Bertz CT molecular complexity index is 801. The zero-order valence-corrected chi connectivity index (χ0v) is 13.3. The van der Waals surface area contributed by atoms with Crippen LogP contribution in [0.25, 0.3) is 5.70 Å². The van der Waals surface area contributed by atoms with E-state index in [1.807, 2.05) is 42.0 Å². The number of nitriles is 1. The van der Waals surface area contributed by atoms with E-state index >= 15 is 0 Å². The summed E-state index contributed by atoms with van der Waals surface area (Å²) in [5.74, 6) is 0.302. The molecule has 1 aliphatic rings. The van der Waals surface area contributed by atoms with Crippen LogP contribution in [0.2, 0.25) is 0 Å². The summed E-state index contributed by atoms with van der Waals surface area (Å²) in [4.78, 5) is 0. The van der Waals surface area contributed by atoms with Crippen LogP contribution in [0.5, 0.6) is 0 Å². The molecule has 0 atom stereocenters. The van der Waals surface area contributed by atoms with Gasteiger partial charge in [-0.1, -0.05) is 42.1 Å². The summed E-state index contributed by atoms with van der Waals surface area (Å²) in [6, 6.07) is 12.0. The molecular formula is C14H12N6S2. The van der Waals surface area contributed by atoms with Crippen molar-refractivity contribution in [1.82, 2.24) is 15.2 Å². The van der Waals surface area contributed by atoms with Gasteiger partial charge in [0.1, 0.15) is 22.5 Å². The number of hydrogen-bond acceptors (Lipinski definition) is 7. The number of hydrazone groups is 1. The fraction of sp³-hybridized carbons (Fsp3) is 0.0714. The molecule has 6 nitrogen and oxygen atoms in total. The summed E-state index contributed by atoms with van der Waals surface area (Å²) in [7, 11) is 0. The molecule has 0 unspecified atom stereocenters. The first-order valence-corrected chi connectivity index (χ1v) is 8.44. The lowest BCUT2D eigenvalue weighted by molar-refractivity contribution is 0.875. The van der Waals surface area contributed by atoms with E-state index in [4.69, 9.17) is 11.0 Å². The fourth-order valence-corrected chi connectivity index (χ4v) is 3.19. The molecule has 1 aliphatic heterocycles. The van der Waals surface area contributed by atoms with E-state index in [0.717, 1.165) is 11.3 Å². The van der Waals surface area contributed by atoms with Gasteiger partial charge in [-0.05, 0) is 6.26 Å². The van der Waals surface area contributed by atoms with Crippen molar-refractivity contribution in [2.45, 2.75) is 5.03 Å². The molecule has 0 radical (unpaired) electrons. The maximum absolute atomic E-state index is 9.16. The number of nitrogens with two attached hydrogens (primary N) is 1. The molecule has 2 aromatic rings. The second kappa shape index (κ2) is 6.17. The summed E-state index contributed by atoms with van der Waals surface area (Å²) < 4.78 is 1.49. The van der Waals surface area contributed by atoms with Gasteiger partial charge < -0.3 is 5.73 Å². The lowest BCUT2D eigenvalue weighted by Gasteiger charge is -2.14. The zero-order valence-electron chi connectivity index (χ0n) is 11.6. The van der Waals surface area contributed by atoms with Crippen molar-refractivity contribution >= 4 is 40.2 Å². The Balaban J connectivity index is 1.87. The predicted octanol–water partition coefficient (Wildman–Crippen LogP) is 2.51. The highest BCUT2D eigenvalue weighted by Crippen LogP contribution is 2.28. The van der Waals surface area contributed by atoms with Gasteiger partial charge in [-0.25, -0.2) is 0 Å². The molecule has 3 rings (SSSR count). The van der Waals surface area contributed by atoms with Crippen LogP contribution in [0.1, 0.15) is 11.1 Å². The number of thioether (sulfide) groups is 2. The van der Waals surface area contributed by atoms with Crippen molar-refractivity contribution in [2.24, 2.45) is 5.10 Å². The van der Waals surface area contributed by atoms with Gasteiger partial charge in [0, 0.05) is 11.0 Å². The quantitative estimate of drug-likeness (QED) is 0.823. The molecule has 0 amide bonds. The Labute approximate surface area is 136 Å². The van der Waals surface area contributed by atoms with Crippen molar-refractivity contribution in [3.05, 3.63) is 46.9 Å². The van der Waals surface area contributed by atoms with Crippen LogP contribution in [-0.4, -0.2) is 21.2 Å². The van der Waals surface area contributed by atoms with Gasteiger partial charge in [-0.3, -0.25) is 5.43 Å². The lowest BCUT2D eigenvalue weighted by atomic mass is 10.2.